The predicted molar refractivity (Wildman–Crippen MR) is 160 cm³/mol. The number of carbonyl (C=O) groups is 2. The van der Waals surface area contributed by atoms with Gasteiger partial charge in [-0.15, -0.1) is 0 Å². The number of ether oxygens (including phenoxy) is 3. The van der Waals surface area contributed by atoms with Crippen LogP contribution in [0.15, 0.2) is 48.5 Å². The Morgan fingerprint density at radius 3 is 2.35 bits per heavy atom. The van der Waals surface area contributed by atoms with E-state index >= 15 is 0 Å². The first kappa shape index (κ1) is 30.4. The molecule has 40 heavy (non-hydrogen) atoms. The molecule has 216 valence electrons. The van der Waals surface area contributed by atoms with E-state index in [9.17, 15) is 9.59 Å². The second kappa shape index (κ2) is 12.9. The van der Waals surface area contributed by atoms with Gasteiger partial charge in [0.25, 0.3) is 0 Å². The average Bonchev–Trinajstić information content (AvgIpc) is 3.49. The summed E-state index contributed by atoms with van der Waals surface area (Å²) in [5.41, 5.74) is 1.09. The number of hydrogen-bond acceptors (Lipinski definition) is 6. The van der Waals surface area contributed by atoms with E-state index in [2.05, 4.69) is 45.0 Å². The summed E-state index contributed by atoms with van der Waals surface area (Å²) in [6.45, 7) is 12.7. The number of likely N-dealkylation sites (tertiary alicyclic amines) is 1. The number of nitrogens with zero attached hydrogens (tertiary/aromatic N) is 1. The van der Waals surface area contributed by atoms with Crippen LogP contribution in [0, 0.1) is 0 Å². The van der Waals surface area contributed by atoms with Crippen molar-refractivity contribution in [1.29, 1.82) is 0 Å². The first-order valence-electron chi connectivity index (χ1n) is 14.1. The van der Waals surface area contributed by atoms with Gasteiger partial charge in [-0.1, -0.05) is 0 Å². The molecule has 2 aliphatic rings. The van der Waals surface area contributed by atoms with E-state index < -0.39 is 19.9 Å². The molecule has 2 atom stereocenters. The third-order valence-corrected chi connectivity index (χ3v) is 14.9. The average molecular weight is 631 g/mol. The molecule has 0 bridgehead atoms. The number of amides is 1. The Morgan fingerprint density at radius 1 is 1.07 bits per heavy atom. The van der Waals surface area contributed by atoms with Crippen molar-refractivity contribution in [1.82, 2.24) is 4.90 Å². The number of fused-ring (bicyclic) bond motifs is 1. The molecule has 0 aromatic heterocycles. The molecule has 0 radical (unpaired) electrons. The first-order chi connectivity index (χ1) is 19.1. The summed E-state index contributed by atoms with van der Waals surface area (Å²) in [6, 6.07) is 17.3. The summed E-state index contributed by atoms with van der Waals surface area (Å²) in [6.07, 6.45) is 3.43. The van der Waals surface area contributed by atoms with Crippen LogP contribution in [0.25, 0.3) is 6.08 Å². The fourth-order valence-electron chi connectivity index (χ4n) is 5.08. The number of hydrogen-bond donors (Lipinski definition) is 0. The van der Waals surface area contributed by atoms with E-state index in [0.717, 1.165) is 29.3 Å². The monoisotopic (exact) mass is 631 g/mol. The SMILES string of the molecule is CC[Si](CC)(CC)O[C@H]1CC(=O)N(Cc2cc3c(cc2/C=C/C(=O)OC(C)(C)C)OCO3)[C@@H]1[Se]c1ccccc1. The quantitative estimate of drug-likeness (QED) is 0.192. The summed E-state index contributed by atoms with van der Waals surface area (Å²) in [5.74, 6) is 0.936. The van der Waals surface area contributed by atoms with Crippen LogP contribution in [0.4, 0.5) is 0 Å². The van der Waals surface area contributed by atoms with Gasteiger partial charge in [-0.3, -0.25) is 0 Å². The van der Waals surface area contributed by atoms with E-state index in [1.54, 1.807) is 6.08 Å². The van der Waals surface area contributed by atoms with Crippen molar-refractivity contribution < 1.29 is 28.2 Å². The van der Waals surface area contributed by atoms with Gasteiger partial charge in [-0.2, -0.15) is 0 Å². The Balaban J connectivity index is 1.66. The number of benzene rings is 2. The summed E-state index contributed by atoms with van der Waals surface area (Å²) in [7, 11) is -1.93. The van der Waals surface area contributed by atoms with Gasteiger partial charge in [0, 0.05) is 0 Å². The zero-order valence-electron chi connectivity index (χ0n) is 24.4. The minimum absolute atomic E-state index is 0.00366. The molecule has 0 spiro atoms. The molecule has 0 unspecified atom stereocenters. The molecule has 2 aromatic carbocycles. The topological polar surface area (TPSA) is 74.3 Å². The summed E-state index contributed by atoms with van der Waals surface area (Å²) >= 11 is -0.00366. The van der Waals surface area contributed by atoms with Crippen molar-refractivity contribution in [2.24, 2.45) is 0 Å². The molecule has 7 nitrogen and oxygen atoms in total. The van der Waals surface area contributed by atoms with Crippen LogP contribution in [0.2, 0.25) is 18.1 Å². The predicted octanol–water partition coefficient (Wildman–Crippen LogP) is 5.25. The van der Waals surface area contributed by atoms with Crippen molar-refractivity contribution >= 4 is 45.7 Å². The van der Waals surface area contributed by atoms with Crippen LogP contribution in [-0.4, -0.2) is 63.5 Å². The zero-order chi connectivity index (χ0) is 28.9. The first-order valence-corrected chi connectivity index (χ1v) is 18.5. The third-order valence-electron chi connectivity index (χ3n) is 7.44. The molecule has 0 N–H and O–H groups in total. The number of esters is 1. The normalized spacial score (nSPS) is 19.1. The zero-order valence-corrected chi connectivity index (χ0v) is 27.1. The molecule has 0 saturated carbocycles. The van der Waals surface area contributed by atoms with Gasteiger partial charge in [0.1, 0.15) is 0 Å². The Kier molecular flexibility index (Phi) is 9.83. The molecule has 0 aliphatic carbocycles. The molecule has 2 aromatic rings. The Labute approximate surface area is 245 Å². The molecule has 2 aliphatic heterocycles. The van der Waals surface area contributed by atoms with E-state index in [1.165, 1.54) is 10.5 Å². The second-order valence-corrected chi connectivity index (χ2v) is 18.4. The van der Waals surface area contributed by atoms with Gasteiger partial charge in [-0.05, 0) is 0 Å². The van der Waals surface area contributed by atoms with Gasteiger partial charge in [0.15, 0.2) is 0 Å². The molecule has 2 heterocycles. The van der Waals surface area contributed by atoms with Crippen molar-refractivity contribution in [3.05, 3.63) is 59.7 Å². The summed E-state index contributed by atoms with van der Waals surface area (Å²) < 4.78 is 25.0. The molecule has 1 amide bonds. The van der Waals surface area contributed by atoms with Crippen molar-refractivity contribution in [3.8, 4) is 11.5 Å². The third kappa shape index (κ3) is 7.38. The molecule has 1 fully saturated rings. The van der Waals surface area contributed by atoms with E-state index in [0.29, 0.717) is 24.5 Å². The minimum atomic E-state index is -1.93. The van der Waals surface area contributed by atoms with Crippen molar-refractivity contribution in [2.75, 3.05) is 6.79 Å². The molecular weight excluding hydrogens is 589 g/mol. The second-order valence-electron chi connectivity index (χ2n) is 11.2. The molecule has 1 saturated heterocycles. The molecule has 4 rings (SSSR count). The van der Waals surface area contributed by atoms with Gasteiger partial charge in [0.05, 0.1) is 0 Å². The standard InChI is InChI=1S/C31H41NO6SeSi/c1-7-40(8-2,9-3)38-27-19-28(33)32(30(27)39-24-13-11-10-12-14-24)20-23-18-26-25(35-21-36-26)17-22(23)15-16-29(34)37-31(4,5)6/h10-18,27,30H,7-9,19-21H2,1-6H3/b16-15+/t27-,30+/m0/s1. The van der Waals surface area contributed by atoms with Crippen LogP contribution < -0.4 is 13.9 Å². The van der Waals surface area contributed by atoms with Crippen LogP contribution in [0.3, 0.4) is 0 Å². The Bertz CT molecular complexity index is 1220. The van der Waals surface area contributed by atoms with E-state index in [1.807, 2.05) is 43.9 Å². The Hall–Kier alpha value is -2.58. The maximum absolute atomic E-state index is 13.6. The fourth-order valence-corrected chi connectivity index (χ4v) is 10.7. The summed E-state index contributed by atoms with van der Waals surface area (Å²) in [4.78, 5) is 28.0. The molecular formula is C31H41NO6SeSi. The summed E-state index contributed by atoms with van der Waals surface area (Å²) in [5, 5.41) is 0. The number of rotatable bonds is 11. The van der Waals surface area contributed by atoms with Gasteiger partial charge in [0.2, 0.25) is 0 Å². The van der Waals surface area contributed by atoms with Crippen LogP contribution in [-0.2, 0) is 25.3 Å². The van der Waals surface area contributed by atoms with E-state index in [-0.39, 0.29) is 38.7 Å². The van der Waals surface area contributed by atoms with E-state index in [4.69, 9.17) is 18.6 Å². The van der Waals surface area contributed by atoms with Crippen molar-refractivity contribution in [3.63, 3.8) is 0 Å². The Morgan fingerprint density at radius 2 is 1.73 bits per heavy atom. The molecule has 9 heteroatoms. The van der Waals surface area contributed by atoms with Gasteiger partial charge in [-0.25, -0.2) is 0 Å². The maximum atomic E-state index is 13.6. The van der Waals surface area contributed by atoms with Gasteiger partial charge < -0.3 is 0 Å². The van der Waals surface area contributed by atoms with Gasteiger partial charge >= 0.3 is 246 Å². The fraction of sp³-hybridized carbons (Fsp3) is 0.484. The van der Waals surface area contributed by atoms with Crippen LogP contribution >= 0.6 is 0 Å². The number of carbonyl (C=O) groups excluding carboxylic acids is 2. The van der Waals surface area contributed by atoms with Crippen molar-refractivity contribution in [2.45, 2.75) is 89.3 Å². The van der Waals surface area contributed by atoms with Crippen LogP contribution in [0.5, 0.6) is 11.5 Å². The van der Waals surface area contributed by atoms with Crippen LogP contribution in [0.1, 0.15) is 59.1 Å².